The molecule has 0 aliphatic heterocycles. The van der Waals surface area contributed by atoms with Gasteiger partial charge in [0, 0.05) is 19.2 Å². The van der Waals surface area contributed by atoms with Crippen LogP contribution >= 0.6 is 0 Å². The Morgan fingerprint density at radius 1 is 1.29 bits per heavy atom. The molecule has 21 heavy (non-hydrogen) atoms. The van der Waals surface area contributed by atoms with E-state index in [1.165, 1.54) is 12.4 Å². The van der Waals surface area contributed by atoms with E-state index in [0.717, 1.165) is 18.7 Å². The Bertz CT molecular complexity index is 580. The SMILES string of the molecule is CCCn1ncnc1CC(O)c1ccc(C(F)(F)F)cn1. The van der Waals surface area contributed by atoms with Gasteiger partial charge in [-0.2, -0.15) is 18.3 Å². The molecule has 0 bridgehead atoms. The summed E-state index contributed by atoms with van der Waals surface area (Å²) in [5.41, 5.74) is -0.665. The molecule has 0 amide bonds. The molecule has 5 nitrogen and oxygen atoms in total. The highest BCUT2D eigenvalue weighted by atomic mass is 19.4. The summed E-state index contributed by atoms with van der Waals surface area (Å²) in [5, 5.41) is 14.1. The average Bonchev–Trinajstić information content (AvgIpc) is 2.86. The minimum atomic E-state index is -4.43. The van der Waals surface area contributed by atoms with Crippen LogP contribution in [0.5, 0.6) is 0 Å². The lowest BCUT2D eigenvalue weighted by Gasteiger charge is -2.12. The summed E-state index contributed by atoms with van der Waals surface area (Å²) in [6.45, 7) is 2.65. The minimum absolute atomic E-state index is 0.151. The van der Waals surface area contributed by atoms with Gasteiger partial charge in [0.05, 0.1) is 11.3 Å². The van der Waals surface area contributed by atoms with Gasteiger partial charge in [-0.3, -0.25) is 9.67 Å². The van der Waals surface area contributed by atoms with Gasteiger partial charge in [-0.1, -0.05) is 6.92 Å². The highest BCUT2D eigenvalue weighted by molar-refractivity contribution is 5.18. The van der Waals surface area contributed by atoms with Gasteiger partial charge in [-0.15, -0.1) is 0 Å². The number of aryl methyl sites for hydroxylation is 1. The molecule has 1 unspecified atom stereocenters. The van der Waals surface area contributed by atoms with E-state index in [4.69, 9.17) is 0 Å². The molecule has 1 atom stereocenters. The van der Waals surface area contributed by atoms with Crippen molar-refractivity contribution in [2.45, 2.75) is 38.6 Å². The summed E-state index contributed by atoms with van der Waals surface area (Å²) < 4.78 is 39.0. The Kier molecular flexibility index (Phi) is 4.56. The van der Waals surface area contributed by atoms with Crippen molar-refractivity contribution in [1.29, 1.82) is 0 Å². The molecule has 0 spiro atoms. The first-order valence-electron chi connectivity index (χ1n) is 6.49. The van der Waals surface area contributed by atoms with Gasteiger partial charge in [0.25, 0.3) is 0 Å². The standard InChI is InChI=1S/C13H15F3N4O/c1-2-5-20-12(18-8-19-20)6-11(21)10-4-3-9(7-17-10)13(14,15)16/h3-4,7-8,11,21H,2,5-6H2,1H3. The molecule has 2 heterocycles. The fraction of sp³-hybridized carbons (Fsp3) is 0.462. The first-order valence-corrected chi connectivity index (χ1v) is 6.49. The number of aromatic nitrogens is 4. The molecule has 1 N–H and O–H groups in total. The number of pyridine rings is 1. The maximum atomic E-state index is 12.4. The zero-order valence-corrected chi connectivity index (χ0v) is 11.4. The molecule has 0 aliphatic carbocycles. The zero-order chi connectivity index (χ0) is 15.5. The second kappa shape index (κ2) is 6.21. The molecule has 2 rings (SSSR count). The van der Waals surface area contributed by atoms with Crippen molar-refractivity contribution in [3.05, 3.63) is 41.7 Å². The Morgan fingerprint density at radius 3 is 2.62 bits per heavy atom. The quantitative estimate of drug-likeness (QED) is 0.921. The van der Waals surface area contributed by atoms with Crippen molar-refractivity contribution in [3.8, 4) is 0 Å². The molecule has 0 fully saturated rings. The summed E-state index contributed by atoms with van der Waals surface area (Å²) in [5.74, 6) is 0.575. The number of nitrogens with zero attached hydrogens (tertiary/aromatic N) is 4. The van der Waals surface area contributed by atoms with Crippen LogP contribution < -0.4 is 0 Å². The summed E-state index contributed by atoms with van der Waals surface area (Å²) >= 11 is 0. The first-order chi connectivity index (χ1) is 9.91. The van der Waals surface area contributed by atoms with Crippen LogP contribution in [0.1, 0.15) is 36.5 Å². The van der Waals surface area contributed by atoms with Crippen LogP contribution in [0, 0.1) is 0 Å². The average molecular weight is 300 g/mol. The molecule has 0 saturated heterocycles. The van der Waals surface area contributed by atoms with Crippen LogP contribution in [0.2, 0.25) is 0 Å². The number of aliphatic hydroxyl groups is 1. The van der Waals surface area contributed by atoms with E-state index in [1.807, 2.05) is 6.92 Å². The number of aliphatic hydroxyl groups excluding tert-OH is 1. The maximum absolute atomic E-state index is 12.4. The van der Waals surface area contributed by atoms with Crippen molar-refractivity contribution >= 4 is 0 Å². The highest BCUT2D eigenvalue weighted by Crippen LogP contribution is 2.29. The monoisotopic (exact) mass is 300 g/mol. The fourth-order valence-electron chi connectivity index (χ4n) is 1.89. The molecular weight excluding hydrogens is 285 g/mol. The van der Waals surface area contributed by atoms with Crippen LogP contribution in [0.25, 0.3) is 0 Å². The molecule has 0 saturated carbocycles. The second-order valence-electron chi connectivity index (χ2n) is 4.59. The first kappa shape index (κ1) is 15.4. The molecular formula is C13H15F3N4O. The third-order valence-corrected chi connectivity index (χ3v) is 2.96. The summed E-state index contributed by atoms with van der Waals surface area (Å²) in [4.78, 5) is 7.71. The lowest BCUT2D eigenvalue weighted by molar-refractivity contribution is -0.137. The lowest BCUT2D eigenvalue weighted by Crippen LogP contribution is -2.12. The maximum Gasteiger partial charge on any atom is 0.417 e. The molecule has 0 aliphatic rings. The van der Waals surface area contributed by atoms with Gasteiger partial charge >= 0.3 is 6.18 Å². The van der Waals surface area contributed by atoms with Gasteiger partial charge in [0.15, 0.2) is 0 Å². The number of alkyl halides is 3. The second-order valence-corrected chi connectivity index (χ2v) is 4.59. The molecule has 0 aromatic carbocycles. The van der Waals surface area contributed by atoms with Crippen LogP contribution in [-0.2, 0) is 19.1 Å². The van der Waals surface area contributed by atoms with E-state index in [-0.39, 0.29) is 12.1 Å². The minimum Gasteiger partial charge on any atom is -0.386 e. The normalized spacial score (nSPS) is 13.4. The van der Waals surface area contributed by atoms with E-state index in [2.05, 4.69) is 15.1 Å². The predicted octanol–water partition coefficient (Wildman–Crippen LogP) is 2.38. The van der Waals surface area contributed by atoms with Crippen LogP contribution in [0.15, 0.2) is 24.7 Å². The predicted molar refractivity (Wildman–Crippen MR) is 68.2 cm³/mol. The third-order valence-electron chi connectivity index (χ3n) is 2.96. The Labute approximate surface area is 119 Å². The summed E-state index contributed by atoms with van der Waals surface area (Å²) in [6.07, 6.45) is -2.33. The largest absolute Gasteiger partial charge is 0.417 e. The van der Waals surface area contributed by atoms with Crippen molar-refractivity contribution in [2.24, 2.45) is 0 Å². The third kappa shape index (κ3) is 3.78. The smallest absolute Gasteiger partial charge is 0.386 e. The Hall–Kier alpha value is -1.96. The molecule has 8 heteroatoms. The fourth-order valence-corrected chi connectivity index (χ4v) is 1.89. The van der Waals surface area contributed by atoms with E-state index in [9.17, 15) is 18.3 Å². The number of halogens is 3. The number of hydrogen-bond acceptors (Lipinski definition) is 4. The van der Waals surface area contributed by atoms with Gasteiger partial charge < -0.3 is 5.11 Å². The molecule has 0 radical (unpaired) electrons. The highest BCUT2D eigenvalue weighted by Gasteiger charge is 2.31. The van der Waals surface area contributed by atoms with Gasteiger partial charge in [-0.05, 0) is 18.6 Å². The van der Waals surface area contributed by atoms with Gasteiger partial charge in [0.1, 0.15) is 18.3 Å². The van der Waals surface area contributed by atoms with E-state index >= 15 is 0 Å². The Balaban J connectivity index is 2.09. The topological polar surface area (TPSA) is 63.8 Å². The van der Waals surface area contributed by atoms with Crippen molar-refractivity contribution < 1.29 is 18.3 Å². The Morgan fingerprint density at radius 2 is 2.05 bits per heavy atom. The van der Waals surface area contributed by atoms with Crippen LogP contribution in [-0.4, -0.2) is 24.9 Å². The lowest BCUT2D eigenvalue weighted by atomic mass is 10.1. The summed E-state index contributed by atoms with van der Waals surface area (Å²) in [7, 11) is 0. The number of hydrogen-bond donors (Lipinski definition) is 1. The van der Waals surface area contributed by atoms with Gasteiger partial charge in [0.2, 0.25) is 0 Å². The van der Waals surface area contributed by atoms with E-state index in [0.29, 0.717) is 12.4 Å². The van der Waals surface area contributed by atoms with Crippen molar-refractivity contribution in [3.63, 3.8) is 0 Å². The van der Waals surface area contributed by atoms with Crippen LogP contribution in [0.3, 0.4) is 0 Å². The van der Waals surface area contributed by atoms with Crippen molar-refractivity contribution in [1.82, 2.24) is 19.7 Å². The zero-order valence-electron chi connectivity index (χ0n) is 11.4. The van der Waals surface area contributed by atoms with E-state index in [1.54, 1.807) is 4.68 Å². The van der Waals surface area contributed by atoms with Crippen molar-refractivity contribution in [2.75, 3.05) is 0 Å². The molecule has 2 aromatic rings. The van der Waals surface area contributed by atoms with E-state index < -0.39 is 17.8 Å². The molecule has 2 aromatic heterocycles. The van der Waals surface area contributed by atoms with Crippen LogP contribution in [0.4, 0.5) is 13.2 Å². The molecule has 114 valence electrons. The summed E-state index contributed by atoms with van der Waals surface area (Å²) in [6, 6.07) is 2.08. The van der Waals surface area contributed by atoms with Gasteiger partial charge in [-0.25, -0.2) is 4.98 Å². The number of rotatable bonds is 5.